The van der Waals surface area contributed by atoms with Gasteiger partial charge in [-0.2, -0.15) is 0 Å². The molecular weight excluding hydrogens is 934 g/mol. The first kappa shape index (κ1) is 39.0. The number of fused-ring (bicyclic) bond motifs is 1. The van der Waals surface area contributed by atoms with Gasteiger partial charge in [0.1, 0.15) is 0 Å². The van der Waals surface area contributed by atoms with E-state index in [2.05, 4.69) is 187 Å². The van der Waals surface area contributed by atoms with Crippen LogP contribution in [0, 0.1) is 18.2 Å². The van der Waals surface area contributed by atoms with Crippen LogP contribution in [0.4, 0.5) is 0 Å². The normalized spacial score (nSPS) is 15.4. The maximum atomic E-state index is 6.02. The summed E-state index contributed by atoms with van der Waals surface area (Å²) in [6, 6.07) is 41.8. The zero-order chi connectivity index (χ0) is 39.4. The van der Waals surface area contributed by atoms with Crippen LogP contribution in [0.3, 0.4) is 0 Å². The summed E-state index contributed by atoms with van der Waals surface area (Å²) in [6.45, 7) is 9.70. The number of rotatable bonds is 10. The van der Waals surface area contributed by atoms with Crippen molar-refractivity contribution >= 4 is 69.0 Å². The van der Waals surface area contributed by atoms with E-state index in [-0.39, 0.29) is 0 Å². The molecule has 0 amide bonds. The molecular formula is C49H41N2O2OsPS2+. The van der Waals surface area contributed by atoms with Crippen LogP contribution < -0.4 is 15.9 Å². The molecule has 8 rings (SSSR count). The van der Waals surface area contributed by atoms with E-state index in [1.165, 1.54) is 48.4 Å². The molecule has 0 saturated carbocycles. The molecule has 4 heterocycles. The number of thiophene rings is 2. The van der Waals surface area contributed by atoms with E-state index in [0.29, 0.717) is 13.2 Å². The molecule has 1 fully saturated rings. The summed E-state index contributed by atoms with van der Waals surface area (Å²) in [4.78, 5) is 4.63. The van der Waals surface area contributed by atoms with E-state index in [1.807, 2.05) is 6.92 Å². The molecule has 4 aromatic carbocycles. The van der Waals surface area contributed by atoms with Crippen LogP contribution in [-0.4, -0.2) is 23.5 Å². The standard InChI is InChI=1S/C49H41N2O2PS2.Os/c1-6-17-42-26-28-44(55-42)46-33(3)34(4)47(49-48(46)50-53-51-49)45-29-27-43(56-45)25-24-37(30-38-32-52-31-36(38)7-2)35(5)54(39-18-11-8-12-19-39,40-20-13-9-14-21-40)41-22-15-10-16-23-41;/h6-30H,31-32H2,1-4H3;/q+1;/b17-6+,25-24+,36-7?,37-35?,38-30?;. The zero-order valence-electron chi connectivity index (χ0n) is 32.2. The topological polar surface area (TPSA) is 48.2 Å². The predicted octanol–water partition coefficient (Wildman–Crippen LogP) is 12.0. The minimum absolute atomic E-state index is 0.575. The van der Waals surface area contributed by atoms with Crippen molar-refractivity contribution in [2.75, 3.05) is 13.2 Å². The van der Waals surface area contributed by atoms with Gasteiger partial charge >= 0.3 is 303 Å². The monoisotopic (exact) mass is 976 g/mol. The SMILES string of the molecule is CC=C1COCC1=CC(/C=C/c1ccc(-c2c(C)c(C)c(-c3ccc(/C=C/C)s3)c3nonc23)s1)=C([C]#[Os])[P+](c1ccccc1)(c1ccccc1)c1ccccc1. The Morgan fingerprint density at radius 3 is 1.63 bits per heavy atom. The van der Waals surface area contributed by atoms with Crippen molar-refractivity contribution in [2.24, 2.45) is 0 Å². The fourth-order valence-electron chi connectivity index (χ4n) is 7.68. The van der Waals surface area contributed by atoms with Gasteiger partial charge in [0.25, 0.3) is 0 Å². The average molecular weight is 975 g/mol. The molecule has 0 aliphatic carbocycles. The van der Waals surface area contributed by atoms with Crippen molar-refractivity contribution in [1.29, 1.82) is 0 Å². The van der Waals surface area contributed by atoms with Crippen molar-refractivity contribution in [2.45, 2.75) is 27.7 Å². The third-order valence-corrected chi connectivity index (χ3v) is 18.0. The molecule has 1 saturated heterocycles. The summed E-state index contributed by atoms with van der Waals surface area (Å²) in [5.74, 6) is 0. The molecule has 8 heteroatoms. The van der Waals surface area contributed by atoms with Gasteiger partial charge in [-0.25, -0.2) is 0 Å². The number of allylic oxidation sites excluding steroid dienone is 6. The van der Waals surface area contributed by atoms with Crippen LogP contribution in [0.15, 0.2) is 166 Å². The molecule has 0 N–H and O–H groups in total. The molecule has 1 aliphatic rings. The molecule has 3 aromatic heterocycles. The van der Waals surface area contributed by atoms with Crippen LogP contribution >= 0.6 is 29.9 Å². The van der Waals surface area contributed by atoms with Crippen LogP contribution in [0.1, 0.15) is 34.7 Å². The van der Waals surface area contributed by atoms with Gasteiger partial charge in [0.05, 0.1) is 0 Å². The molecule has 0 bridgehead atoms. The van der Waals surface area contributed by atoms with E-state index in [4.69, 9.17) is 9.37 Å². The Hall–Kier alpha value is -4.81. The number of ether oxygens (including phenoxy) is 1. The van der Waals surface area contributed by atoms with E-state index in [9.17, 15) is 0 Å². The molecule has 7 aromatic rings. The fraction of sp³-hybridized carbons (Fsp3) is 0.122. The van der Waals surface area contributed by atoms with Gasteiger partial charge in [-0.3, -0.25) is 0 Å². The summed E-state index contributed by atoms with van der Waals surface area (Å²) in [7, 11) is -2.44. The van der Waals surface area contributed by atoms with Crippen molar-refractivity contribution in [3.05, 3.63) is 182 Å². The third-order valence-electron chi connectivity index (χ3n) is 10.5. The number of nitrogens with zero attached hydrogens (tertiary/aromatic N) is 2. The van der Waals surface area contributed by atoms with Crippen LogP contribution in [-0.2, 0) is 22.7 Å². The van der Waals surface area contributed by atoms with Crippen molar-refractivity contribution in [3.63, 3.8) is 0 Å². The zero-order valence-corrected chi connectivity index (χ0v) is 37.2. The van der Waals surface area contributed by atoms with E-state index in [1.54, 1.807) is 40.6 Å². The second-order valence-electron chi connectivity index (χ2n) is 13.7. The van der Waals surface area contributed by atoms with Crippen molar-refractivity contribution < 1.29 is 27.3 Å². The van der Waals surface area contributed by atoms with E-state index in [0.717, 1.165) is 42.4 Å². The van der Waals surface area contributed by atoms with Gasteiger partial charge in [0, 0.05) is 9.75 Å². The number of benzene rings is 4. The first-order valence-corrected chi connectivity index (χ1v) is 23.5. The van der Waals surface area contributed by atoms with Crippen LogP contribution in [0.25, 0.3) is 44.1 Å². The van der Waals surface area contributed by atoms with Gasteiger partial charge in [0.15, 0.2) is 0 Å². The Morgan fingerprint density at radius 2 is 1.16 bits per heavy atom. The van der Waals surface area contributed by atoms with Crippen LogP contribution in [0.2, 0.25) is 0 Å². The average Bonchev–Trinajstić information content (AvgIpc) is 4.10. The molecule has 4 nitrogen and oxygen atoms in total. The summed E-state index contributed by atoms with van der Waals surface area (Å²) < 4.78 is 15.3. The molecule has 283 valence electrons. The summed E-state index contributed by atoms with van der Waals surface area (Å²) in [6.07, 6.45) is 13.3. The second-order valence-corrected chi connectivity index (χ2v) is 19.9. The van der Waals surface area contributed by atoms with Gasteiger partial charge in [0.2, 0.25) is 0 Å². The van der Waals surface area contributed by atoms with E-state index >= 15 is 0 Å². The Kier molecular flexibility index (Phi) is 11.9. The summed E-state index contributed by atoms with van der Waals surface area (Å²) in [5, 5.41) is 14.0. The van der Waals surface area contributed by atoms with Gasteiger partial charge in [-0.05, 0) is 25.1 Å². The Bertz CT molecular complexity index is 2670. The van der Waals surface area contributed by atoms with Gasteiger partial charge in [-0.15, -0.1) is 11.3 Å². The van der Waals surface area contributed by atoms with E-state index < -0.39 is 7.26 Å². The predicted molar refractivity (Wildman–Crippen MR) is 240 cm³/mol. The molecule has 0 spiro atoms. The minimum atomic E-state index is -2.44. The quantitative estimate of drug-likeness (QED) is 0.101. The van der Waals surface area contributed by atoms with Gasteiger partial charge in [-0.1, -0.05) is 6.08 Å². The summed E-state index contributed by atoms with van der Waals surface area (Å²) in [5.41, 5.74) is 9.65. The third kappa shape index (κ3) is 7.42. The Labute approximate surface area is 353 Å². The first-order chi connectivity index (χ1) is 28.0. The molecule has 0 atom stereocenters. The second kappa shape index (κ2) is 17.4. The molecule has 57 heavy (non-hydrogen) atoms. The van der Waals surface area contributed by atoms with Crippen LogP contribution in [0.5, 0.6) is 0 Å². The number of aromatic nitrogens is 2. The van der Waals surface area contributed by atoms with Gasteiger partial charge < -0.3 is 0 Å². The van der Waals surface area contributed by atoms with Crippen molar-refractivity contribution in [1.82, 2.24) is 10.3 Å². The van der Waals surface area contributed by atoms with Crippen molar-refractivity contribution in [3.8, 4) is 25.3 Å². The number of hydrogen-bond acceptors (Lipinski definition) is 6. The molecule has 0 radical (unpaired) electrons. The molecule has 1 aliphatic heterocycles. The number of hydrogen-bond donors (Lipinski definition) is 0. The summed E-state index contributed by atoms with van der Waals surface area (Å²) >= 11 is 5.32. The Balaban J connectivity index is 1.31. The maximum absolute atomic E-state index is 6.02. The fourth-order valence-corrected chi connectivity index (χ4v) is 15.6. The Morgan fingerprint density at radius 1 is 0.667 bits per heavy atom. The first-order valence-electron chi connectivity index (χ1n) is 18.8. The molecule has 0 unspecified atom stereocenters.